The minimum atomic E-state index is -0.423. The van der Waals surface area contributed by atoms with Gasteiger partial charge in [0.15, 0.2) is 5.82 Å². The van der Waals surface area contributed by atoms with Crippen LogP contribution in [0.5, 0.6) is 0 Å². The first-order valence-electron chi connectivity index (χ1n) is 7.70. The number of nitrogens with zero attached hydrogens (tertiary/aromatic N) is 2. The Morgan fingerprint density at radius 3 is 2.68 bits per heavy atom. The molecule has 0 atom stereocenters. The lowest BCUT2D eigenvalue weighted by molar-refractivity contribution is -0.116. The van der Waals surface area contributed by atoms with Gasteiger partial charge >= 0.3 is 6.03 Å². The number of halogens is 2. The summed E-state index contributed by atoms with van der Waals surface area (Å²) < 4.78 is 4.65. The number of carbonyl (C=O) groups excluding carboxylic acids is 2. The topological polar surface area (TPSA) is 87.5 Å². The summed E-state index contributed by atoms with van der Waals surface area (Å²) in [5.74, 6) is -0.0797. The highest BCUT2D eigenvalue weighted by Crippen LogP contribution is 2.25. The van der Waals surface area contributed by atoms with Crippen molar-refractivity contribution >= 4 is 46.6 Å². The average Bonchev–Trinajstić information content (AvgIpc) is 3.06. The second-order valence-electron chi connectivity index (χ2n) is 5.26. The van der Waals surface area contributed by atoms with Crippen molar-refractivity contribution in [2.75, 3.05) is 23.7 Å². The fourth-order valence-electron chi connectivity index (χ4n) is 2.02. The van der Waals surface area contributed by atoms with Crippen LogP contribution in [0.3, 0.4) is 0 Å². The third-order valence-corrected chi connectivity index (χ3v) is 3.83. The predicted octanol–water partition coefficient (Wildman–Crippen LogP) is 4.25. The Morgan fingerprint density at radius 2 is 2.04 bits per heavy atom. The summed E-state index contributed by atoms with van der Waals surface area (Å²) in [6, 6.07) is 5.86. The van der Waals surface area contributed by atoms with E-state index in [1.807, 2.05) is 6.92 Å². The molecule has 2 rings (SSSR count). The van der Waals surface area contributed by atoms with Gasteiger partial charge in [0.25, 0.3) is 0 Å². The van der Waals surface area contributed by atoms with Gasteiger partial charge in [-0.05, 0) is 24.6 Å². The molecule has 1 heterocycles. The van der Waals surface area contributed by atoms with Crippen LogP contribution in [0.25, 0.3) is 0 Å². The van der Waals surface area contributed by atoms with E-state index in [0.29, 0.717) is 28.1 Å². The summed E-state index contributed by atoms with van der Waals surface area (Å²) in [6.45, 7) is 2.31. The predicted molar refractivity (Wildman–Crippen MR) is 97.1 cm³/mol. The lowest BCUT2D eigenvalue weighted by Crippen LogP contribution is -2.41. The molecule has 134 valence electrons. The number of amides is 3. The van der Waals surface area contributed by atoms with Crippen molar-refractivity contribution in [1.29, 1.82) is 0 Å². The molecular weight excluding hydrogens is 367 g/mol. The number of hydrogen-bond donors (Lipinski definition) is 2. The second kappa shape index (κ2) is 9.29. The highest BCUT2D eigenvalue weighted by atomic mass is 35.5. The molecule has 0 saturated heterocycles. The molecule has 25 heavy (non-hydrogen) atoms. The van der Waals surface area contributed by atoms with Gasteiger partial charge in [-0.15, -0.1) is 0 Å². The van der Waals surface area contributed by atoms with Crippen molar-refractivity contribution in [3.63, 3.8) is 0 Å². The summed E-state index contributed by atoms with van der Waals surface area (Å²) in [7, 11) is 0. The van der Waals surface area contributed by atoms with E-state index in [2.05, 4.69) is 20.3 Å². The molecule has 0 radical (unpaired) electrons. The van der Waals surface area contributed by atoms with E-state index in [1.165, 1.54) is 23.3 Å². The molecule has 1 aromatic carbocycles. The number of nitrogens with one attached hydrogen (secondary N) is 2. The highest BCUT2D eigenvalue weighted by Gasteiger charge is 2.18. The maximum absolute atomic E-state index is 12.5. The summed E-state index contributed by atoms with van der Waals surface area (Å²) in [5, 5.41) is 9.65. The van der Waals surface area contributed by atoms with Gasteiger partial charge in [-0.3, -0.25) is 4.79 Å². The van der Waals surface area contributed by atoms with E-state index < -0.39 is 6.03 Å². The monoisotopic (exact) mass is 384 g/mol. The molecule has 0 aliphatic heterocycles. The van der Waals surface area contributed by atoms with Crippen molar-refractivity contribution in [1.82, 2.24) is 10.1 Å². The van der Waals surface area contributed by atoms with Crippen molar-refractivity contribution in [3.8, 4) is 0 Å². The maximum Gasteiger partial charge on any atom is 0.322 e. The molecule has 0 fully saturated rings. The lowest BCUT2D eigenvalue weighted by Gasteiger charge is -2.22. The lowest BCUT2D eigenvalue weighted by atomic mass is 10.3. The molecule has 0 saturated carbocycles. The smallest absolute Gasteiger partial charge is 0.322 e. The molecule has 9 heteroatoms. The average molecular weight is 385 g/mol. The molecule has 2 N–H and O–H groups in total. The van der Waals surface area contributed by atoms with Gasteiger partial charge in [0.05, 0.1) is 10.7 Å². The Kier molecular flexibility index (Phi) is 7.09. The van der Waals surface area contributed by atoms with Crippen LogP contribution in [0, 0.1) is 0 Å². The van der Waals surface area contributed by atoms with Crippen LogP contribution in [0.1, 0.15) is 19.8 Å². The normalized spacial score (nSPS) is 10.4. The summed E-state index contributed by atoms with van der Waals surface area (Å²) in [5.41, 5.74) is 0.425. The third-order valence-electron chi connectivity index (χ3n) is 3.28. The van der Waals surface area contributed by atoms with Crippen molar-refractivity contribution in [2.24, 2.45) is 0 Å². The van der Waals surface area contributed by atoms with E-state index in [4.69, 9.17) is 23.2 Å². The zero-order valence-electron chi connectivity index (χ0n) is 13.6. The zero-order chi connectivity index (χ0) is 18.2. The molecule has 0 aliphatic rings. The summed E-state index contributed by atoms with van der Waals surface area (Å²) in [4.78, 5) is 26.0. The summed E-state index contributed by atoms with van der Waals surface area (Å²) in [6.07, 6.45) is 3.00. The first kappa shape index (κ1) is 19.1. The van der Waals surface area contributed by atoms with E-state index in [1.54, 1.807) is 12.1 Å². The first-order valence-corrected chi connectivity index (χ1v) is 8.46. The number of rotatable bonds is 7. The van der Waals surface area contributed by atoms with Gasteiger partial charge in [-0.1, -0.05) is 41.7 Å². The number of aromatic nitrogens is 1. The SMILES string of the molecule is CCCCN(CC(=O)Nc1ccon1)C(=O)Nc1ccc(Cl)cc1Cl. The van der Waals surface area contributed by atoms with Crippen LogP contribution in [0.4, 0.5) is 16.3 Å². The first-order chi connectivity index (χ1) is 12.0. The van der Waals surface area contributed by atoms with Gasteiger partial charge in [0, 0.05) is 17.6 Å². The molecule has 0 bridgehead atoms. The Bertz CT molecular complexity index is 722. The minimum absolute atomic E-state index is 0.121. The highest BCUT2D eigenvalue weighted by molar-refractivity contribution is 6.36. The number of unbranched alkanes of at least 4 members (excludes halogenated alkanes) is 1. The Morgan fingerprint density at radius 1 is 1.24 bits per heavy atom. The molecule has 0 aliphatic carbocycles. The van der Waals surface area contributed by atoms with Crippen LogP contribution in [0.2, 0.25) is 10.0 Å². The number of hydrogen-bond acceptors (Lipinski definition) is 4. The van der Waals surface area contributed by atoms with Crippen LogP contribution < -0.4 is 10.6 Å². The molecule has 3 amide bonds. The third kappa shape index (κ3) is 5.95. The van der Waals surface area contributed by atoms with Crippen LogP contribution >= 0.6 is 23.2 Å². The molecular formula is C16H18Cl2N4O3. The largest absolute Gasteiger partial charge is 0.363 e. The number of benzene rings is 1. The van der Waals surface area contributed by atoms with E-state index in [-0.39, 0.29) is 12.5 Å². The quantitative estimate of drug-likeness (QED) is 0.746. The van der Waals surface area contributed by atoms with Crippen molar-refractivity contribution in [3.05, 3.63) is 40.6 Å². The van der Waals surface area contributed by atoms with Gasteiger partial charge < -0.3 is 20.1 Å². The molecule has 7 nitrogen and oxygen atoms in total. The van der Waals surface area contributed by atoms with Gasteiger partial charge in [-0.25, -0.2) is 4.79 Å². The van der Waals surface area contributed by atoms with Gasteiger partial charge in [0.2, 0.25) is 5.91 Å². The molecule has 0 spiro atoms. The number of urea groups is 1. The minimum Gasteiger partial charge on any atom is -0.363 e. The van der Waals surface area contributed by atoms with E-state index >= 15 is 0 Å². The van der Waals surface area contributed by atoms with Crippen LogP contribution in [0.15, 0.2) is 35.1 Å². The molecule has 0 unspecified atom stereocenters. The zero-order valence-corrected chi connectivity index (χ0v) is 15.1. The molecule has 2 aromatic rings. The fraction of sp³-hybridized carbons (Fsp3) is 0.312. The van der Waals surface area contributed by atoms with Crippen LogP contribution in [-0.4, -0.2) is 35.1 Å². The van der Waals surface area contributed by atoms with Crippen molar-refractivity contribution in [2.45, 2.75) is 19.8 Å². The van der Waals surface area contributed by atoms with Crippen molar-refractivity contribution < 1.29 is 14.1 Å². The second-order valence-corrected chi connectivity index (χ2v) is 6.11. The van der Waals surface area contributed by atoms with E-state index in [0.717, 1.165) is 12.8 Å². The van der Waals surface area contributed by atoms with Crippen LogP contribution in [-0.2, 0) is 4.79 Å². The number of carbonyl (C=O) groups is 2. The standard InChI is InChI=1S/C16H18Cl2N4O3/c1-2-3-7-22(10-15(23)20-14-6-8-25-21-14)16(24)19-13-5-4-11(17)9-12(13)18/h4-6,8-9H,2-3,7,10H2,1H3,(H,19,24)(H,20,21,23). The van der Waals surface area contributed by atoms with E-state index in [9.17, 15) is 9.59 Å². The fourth-order valence-corrected chi connectivity index (χ4v) is 2.47. The van der Waals surface area contributed by atoms with Gasteiger partial charge in [-0.2, -0.15) is 0 Å². The maximum atomic E-state index is 12.5. The number of anilines is 2. The Labute approximate surface area is 155 Å². The summed E-state index contributed by atoms with van der Waals surface area (Å²) >= 11 is 11.9. The van der Waals surface area contributed by atoms with Gasteiger partial charge in [0.1, 0.15) is 12.8 Å². The molecule has 1 aromatic heterocycles. The Hall–Kier alpha value is -2.25. The Balaban J connectivity index is 2.01.